The summed E-state index contributed by atoms with van der Waals surface area (Å²) in [6, 6.07) is 11.9. The van der Waals surface area contributed by atoms with Crippen LogP contribution in [-0.2, 0) is 16.8 Å². The average Bonchev–Trinajstić information content (AvgIpc) is 3.63. The number of ketones is 1. The molecule has 5 rings (SSSR count). The average molecular weight is 574 g/mol. The first kappa shape index (κ1) is 28.3. The van der Waals surface area contributed by atoms with Gasteiger partial charge in [0.15, 0.2) is 11.4 Å². The zero-order valence-electron chi connectivity index (χ0n) is 23.3. The monoisotopic (exact) mass is 573 g/mol. The Balaban J connectivity index is 1.37. The van der Waals surface area contributed by atoms with Crippen LogP contribution in [-0.4, -0.2) is 42.5 Å². The Morgan fingerprint density at radius 2 is 1.81 bits per heavy atom. The SMILES string of the molecule is CC(C)C(NC(=O)Cn1c(-c2ccccc2)cnc(N)c1=O)C(=O)c1nnc(C(C)(C)c2nc3ccc(F)cc3o2)o1. The predicted octanol–water partition coefficient (Wildman–Crippen LogP) is 3.51. The number of nitrogens with two attached hydrogens (primary N) is 1. The van der Waals surface area contributed by atoms with Gasteiger partial charge in [-0.15, -0.1) is 10.2 Å². The summed E-state index contributed by atoms with van der Waals surface area (Å²) < 4.78 is 26.3. The summed E-state index contributed by atoms with van der Waals surface area (Å²) in [6.07, 6.45) is 1.42. The molecule has 0 radical (unpaired) electrons. The van der Waals surface area contributed by atoms with E-state index in [4.69, 9.17) is 14.6 Å². The minimum absolute atomic E-state index is 0.0398. The Bertz CT molecular complexity index is 1840. The number of hydrogen-bond acceptors (Lipinski definition) is 10. The van der Waals surface area contributed by atoms with Gasteiger partial charge in [0, 0.05) is 6.07 Å². The van der Waals surface area contributed by atoms with Gasteiger partial charge in [0.2, 0.25) is 23.5 Å². The molecule has 0 aliphatic carbocycles. The Hall–Kier alpha value is -5.20. The van der Waals surface area contributed by atoms with Crippen molar-refractivity contribution in [1.82, 2.24) is 30.0 Å². The fourth-order valence-corrected chi connectivity index (χ4v) is 4.36. The van der Waals surface area contributed by atoms with Gasteiger partial charge >= 0.3 is 0 Å². The molecule has 42 heavy (non-hydrogen) atoms. The molecule has 12 nitrogen and oxygen atoms in total. The van der Waals surface area contributed by atoms with Crippen LogP contribution in [0.2, 0.25) is 0 Å². The lowest BCUT2D eigenvalue weighted by Crippen LogP contribution is -2.46. The number of rotatable bonds is 9. The summed E-state index contributed by atoms with van der Waals surface area (Å²) in [4.78, 5) is 47.8. The number of amides is 1. The number of carbonyl (C=O) groups excluding carboxylic acids is 2. The van der Waals surface area contributed by atoms with Crippen LogP contribution in [0.25, 0.3) is 22.4 Å². The number of halogens is 1. The fraction of sp³-hybridized carbons (Fsp3) is 0.276. The molecule has 0 saturated carbocycles. The van der Waals surface area contributed by atoms with Gasteiger partial charge in [-0.1, -0.05) is 44.2 Å². The molecule has 0 aliphatic rings. The van der Waals surface area contributed by atoms with Crippen molar-refractivity contribution in [2.45, 2.75) is 45.7 Å². The third kappa shape index (κ3) is 5.40. The van der Waals surface area contributed by atoms with Gasteiger partial charge in [0.1, 0.15) is 23.3 Å². The Kier molecular flexibility index (Phi) is 7.42. The highest BCUT2D eigenvalue weighted by molar-refractivity contribution is 5.98. The molecular formula is C29H28FN7O5. The van der Waals surface area contributed by atoms with Crippen molar-refractivity contribution in [3.8, 4) is 11.3 Å². The van der Waals surface area contributed by atoms with Crippen molar-refractivity contribution >= 4 is 28.6 Å². The lowest BCUT2D eigenvalue weighted by Gasteiger charge is -2.21. The topological polar surface area (TPSA) is 172 Å². The second-order valence-electron chi connectivity index (χ2n) is 10.6. The number of benzene rings is 2. The van der Waals surface area contributed by atoms with Gasteiger partial charge in [-0.25, -0.2) is 14.4 Å². The van der Waals surface area contributed by atoms with Crippen LogP contribution in [0.4, 0.5) is 10.2 Å². The number of carbonyl (C=O) groups is 2. The van der Waals surface area contributed by atoms with Crippen LogP contribution in [0.3, 0.4) is 0 Å². The van der Waals surface area contributed by atoms with Gasteiger partial charge in [0.05, 0.1) is 17.9 Å². The van der Waals surface area contributed by atoms with E-state index in [2.05, 4.69) is 25.5 Å². The summed E-state index contributed by atoms with van der Waals surface area (Å²) in [5.74, 6) is -2.41. The highest BCUT2D eigenvalue weighted by atomic mass is 19.1. The summed E-state index contributed by atoms with van der Waals surface area (Å²) in [5, 5.41) is 10.6. The lowest BCUT2D eigenvalue weighted by atomic mass is 9.93. The molecule has 0 bridgehead atoms. The summed E-state index contributed by atoms with van der Waals surface area (Å²) in [7, 11) is 0. The second kappa shape index (κ2) is 11.0. The normalized spacial score (nSPS) is 12.5. The Labute approximate surface area is 238 Å². The van der Waals surface area contributed by atoms with Crippen LogP contribution in [0.1, 0.15) is 50.2 Å². The van der Waals surface area contributed by atoms with E-state index in [1.165, 1.54) is 29.0 Å². The molecule has 0 saturated heterocycles. The van der Waals surface area contributed by atoms with Gasteiger partial charge in [-0.05, 0) is 37.5 Å². The minimum atomic E-state index is -1.06. The maximum absolute atomic E-state index is 13.6. The van der Waals surface area contributed by atoms with Crippen LogP contribution in [0, 0.1) is 11.7 Å². The van der Waals surface area contributed by atoms with E-state index in [1.54, 1.807) is 52.0 Å². The number of aromatic nitrogens is 5. The Morgan fingerprint density at radius 1 is 1.07 bits per heavy atom. The van der Waals surface area contributed by atoms with Crippen LogP contribution >= 0.6 is 0 Å². The van der Waals surface area contributed by atoms with E-state index in [1.807, 2.05) is 6.07 Å². The molecule has 0 fully saturated rings. The van der Waals surface area contributed by atoms with Crippen molar-refractivity contribution < 1.29 is 22.8 Å². The molecule has 0 aliphatic heterocycles. The molecule has 1 unspecified atom stereocenters. The molecule has 0 spiro atoms. The van der Waals surface area contributed by atoms with Crippen molar-refractivity contribution in [2.24, 2.45) is 5.92 Å². The maximum Gasteiger partial charge on any atom is 0.294 e. The van der Waals surface area contributed by atoms with Gasteiger partial charge in [0.25, 0.3) is 11.4 Å². The van der Waals surface area contributed by atoms with Crippen molar-refractivity contribution in [1.29, 1.82) is 0 Å². The predicted molar refractivity (Wildman–Crippen MR) is 150 cm³/mol. The molecule has 1 amide bonds. The number of oxazole rings is 1. The fourth-order valence-electron chi connectivity index (χ4n) is 4.36. The Morgan fingerprint density at radius 3 is 2.52 bits per heavy atom. The van der Waals surface area contributed by atoms with Crippen molar-refractivity contribution in [2.75, 3.05) is 5.73 Å². The quantitative estimate of drug-likeness (QED) is 0.249. The first-order chi connectivity index (χ1) is 20.0. The highest BCUT2D eigenvalue weighted by Gasteiger charge is 2.37. The number of fused-ring (bicyclic) bond motifs is 1. The molecule has 5 aromatic rings. The van der Waals surface area contributed by atoms with E-state index in [0.29, 0.717) is 16.8 Å². The van der Waals surface area contributed by atoms with Gasteiger partial charge in [-0.2, -0.15) is 0 Å². The first-order valence-corrected chi connectivity index (χ1v) is 13.1. The zero-order chi connectivity index (χ0) is 30.2. The van der Waals surface area contributed by atoms with E-state index >= 15 is 0 Å². The van der Waals surface area contributed by atoms with Crippen LogP contribution in [0.5, 0.6) is 0 Å². The molecule has 3 aromatic heterocycles. The summed E-state index contributed by atoms with van der Waals surface area (Å²) >= 11 is 0. The molecule has 3 heterocycles. The third-order valence-corrected chi connectivity index (χ3v) is 6.77. The van der Waals surface area contributed by atoms with E-state index in [0.717, 1.165) is 0 Å². The zero-order valence-corrected chi connectivity index (χ0v) is 23.3. The number of anilines is 1. The molecule has 1 atom stereocenters. The number of Topliss-reactive ketones (excluding diaryl/α,β-unsaturated/α-hetero) is 1. The smallest absolute Gasteiger partial charge is 0.294 e. The summed E-state index contributed by atoms with van der Waals surface area (Å²) in [5.41, 5.74) is 5.80. The number of nitrogens with one attached hydrogen (secondary N) is 1. The van der Waals surface area contributed by atoms with E-state index < -0.39 is 41.1 Å². The maximum atomic E-state index is 13.6. The van der Waals surface area contributed by atoms with Crippen molar-refractivity contribution in [3.05, 3.63) is 88.6 Å². The molecule has 216 valence electrons. The number of hydrogen-bond donors (Lipinski definition) is 2. The molecular weight excluding hydrogens is 545 g/mol. The van der Waals surface area contributed by atoms with Crippen LogP contribution in [0.15, 0.2) is 68.4 Å². The van der Waals surface area contributed by atoms with Crippen molar-refractivity contribution in [3.63, 3.8) is 0 Å². The number of nitrogens with zero attached hydrogens (tertiary/aromatic N) is 5. The highest BCUT2D eigenvalue weighted by Crippen LogP contribution is 2.32. The second-order valence-corrected chi connectivity index (χ2v) is 10.6. The van der Waals surface area contributed by atoms with Crippen LogP contribution < -0.4 is 16.6 Å². The third-order valence-electron chi connectivity index (χ3n) is 6.77. The first-order valence-electron chi connectivity index (χ1n) is 13.1. The molecule has 2 aromatic carbocycles. The standard InChI is InChI=1S/C29H28FN7O5/c1-15(2)22(34-21(38)14-37-19(13-32-24(31)26(37)40)16-8-6-5-7-9-16)23(39)25-35-36-28(42-25)29(3,4)27-33-18-11-10-17(30)12-20(18)41-27/h5-13,15,22H,14H2,1-4H3,(H2,31,32)(H,34,38). The van der Waals surface area contributed by atoms with E-state index in [9.17, 15) is 18.8 Å². The van der Waals surface area contributed by atoms with Gasteiger partial charge in [-0.3, -0.25) is 19.0 Å². The largest absolute Gasteiger partial charge is 0.439 e. The number of nitrogen functional groups attached to an aromatic ring is 1. The van der Waals surface area contributed by atoms with Gasteiger partial charge < -0.3 is 19.9 Å². The van der Waals surface area contributed by atoms with E-state index in [-0.39, 0.29) is 35.0 Å². The molecule has 3 N–H and O–H groups in total. The lowest BCUT2D eigenvalue weighted by molar-refractivity contribution is -0.122. The molecule has 13 heteroatoms. The minimum Gasteiger partial charge on any atom is -0.439 e. The summed E-state index contributed by atoms with van der Waals surface area (Å²) in [6.45, 7) is 6.49.